The van der Waals surface area contributed by atoms with Crippen molar-refractivity contribution in [2.45, 2.75) is 90.1 Å². The van der Waals surface area contributed by atoms with Gasteiger partial charge in [-0.15, -0.1) is 0 Å². The van der Waals surface area contributed by atoms with Gasteiger partial charge in [-0.05, 0) is 61.0 Å². The number of likely N-dealkylation sites (tertiary alicyclic amines) is 1. The number of allylic oxidation sites excluding steroid dienone is 1. The van der Waals surface area contributed by atoms with E-state index in [1.165, 1.54) is 11.0 Å². The summed E-state index contributed by atoms with van der Waals surface area (Å²) >= 11 is 0. The van der Waals surface area contributed by atoms with Crippen LogP contribution in [0, 0.1) is 5.92 Å². The zero-order chi connectivity index (χ0) is 21.5. The molecule has 0 aromatic carbocycles. The van der Waals surface area contributed by atoms with Gasteiger partial charge in [-0.25, -0.2) is 9.59 Å². The molecule has 2 heterocycles. The third-order valence-corrected chi connectivity index (χ3v) is 4.70. The first-order chi connectivity index (χ1) is 12.7. The topological polar surface area (TPSA) is 85.3 Å². The molecule has 0 saturated carbocycles. The van der Waals surface area contributed by atoms with Gasteiger partial charge in [0.1, 0.15) is 23.3 Å². The quantitative estimate of drug-likeness (QED) is 0.584. The van der Waals surface area contributed by atoms with Crippen LogP contribution in [0.1, 0.15) is 54.9 Å². The van der Waals surface area contributed by atoms with Gasteiger partial charge in [0.15, 0.2) is 5.79 Å². The Morgan fingerprint density at radius 1 is 1.18 bits per heavy atom. The fourth-order valence-electron chi connectivity index (χ4n) is 3.76. The summed E-state index contributed by atoms with van der Waals surface area (Å²) in [6.07, 6.45) is 3.81. The van der Waals surface area contributed by atoms with Crippen LogP contribution >= 0.6 is 0 Å². The molecule has 5 atom stereocenters. The monoisotopic (exact) mass is 395 g/mol. The van der Waals surface area contributed by atoms with Crippen molar-refractivity contribution >= 4 is 12.1 Å². The van der Waals surface area contributed by atoms with Crippen LogP contribution in [0.25, 0.3) is 0 Å². The largest absolute Gasteiger partial charge is 0.458 e. The van der Waals surface area contributed by atoms with Crippen LogP contribution in [0.4, 0.5) is 4.79 Å². The summed E-state index contributed by atoms with van der Waals surface area (Å²) in [6, 6.07) is -1.46. The van der Waals surface area contributed by atoms with Gasteiger partial charge >= 0.3 is 12.1 Å². The molecule has 0 bridgehead atoms. The molecule has 1 amide bonds. The first-order valence-corrected chi connectivity index (χ1v) is 9.63. The molecule has 0 spiro atoms. The van der Waals surface area contributed by atoms with E-state index < -0.39 is 53.2 Å². The molecular weight excluding hydrogens is 362 g/mol. The summed E-state index contributed by atoms with van der Waals surface area (Å²) in [6.45, 7) is 16.1. The first-order valence-electron chi connectivity index (χ1n) is 9.63. The standard InChI is InChI=1S/C21H33NO6/c1-9-11-15-16-13(21(25,10-2)26-15)12-14(17(23)27-19(3,4)5)22(16)18(24)28-20(6,7)8/h9-11,13-16,25H,2,12H2,1,3-8H3/b11-9+/t13-,14+,15+,16+,21?/m1/s1. The number of carbonyl (C=O) groups is 2. The van der Waals surface area contributed by atoms with Crippen molar-refractivity contribution < 1.29 is 28.9 Å². The van der Waals surface area contributed by atoms with Crippen LogP contribution in [0.5, 0.6) is 0 Å². The second kappa shape index (κ2) is 7.52. The molecule has 0 radical (unpaired) electrons. The Morgan fingerprint density at radius 2 is 1.75 bits per heavy atom. The molecule has 0 aromatic heterocycles. The maximum atomic E-state index is 13.0. The molecule has 2 aliphatic rings. The van der Waals surface area contributed by atoms with Crippen LogP contribution in [0.15, 0.2) is 24.8 Å². The van der Waals surface area contributed by atoms with E-state index in [0.717, 1.165) is 0 Å². The van der Waals surface area contributed by atoms with E-state index in [2.05, 4.69) is 6.58 Å². The lowest BCUT2D eigenvalue weighted by molar-refractivity contribution is -0.174. The Hall–Kier alpha value is -1.86. The number of hydrogen-bond acceptors (Lipinski definition) is 6. The van der Waals surface area contributed by atoms with Crippen LogP contribution in [-0.4, -0.2) is 57.2 Å². The molecule has 0 aromatic rings. The fourth-order valence-corrected chi connectivity index (χ4v) is 3.76. The summed E-state index contributed by atoms with van der Waals surface area (Å²) in [5.41, 5.74) is -1.44. The van der Waals surface area contributed by atoms with Crippen molar-refractivity contribution in [2.24, 2.45) is 5.92 Å². The molecule has 1 N–H and O–H groups in total. The molecule has 0 aliphatic carbocycles. The van der Waals surface area contributed by atoms with E-state index in [0.29, 0.717) is 0 Å². The predicted octanol–water partition coefficient (Wildman–Crippen LogP) is 3.17. The van der Waals surface area contributed by atoms with Crippen molar-refractivity contribution in [3.63, 3.8) is 0 Å². The summed E-state index contributed by atoms with van der Waals surface area (Å²) in [4.78, 5) is 27.3. The number of rotatable bonds is 3. The average Bonchev–Trinajstić information content (AvgIpc) is 3.02. The molecular formula is C21H33NO6. The number of nitrogens with zero attached hydrogens (tertiary/aromatic N) is 1. The minimum absolute atomic E-state index is 0.190. The zero-order valence-corrected chi connectivity index (χ0v) is 17.9. The molecule has 2 fully saturated rings. The van der Waals surface area contributed by atoms with Crippen LogP contribution < -0.4 is 0 Å². The van der Waals surface area contributed by atoms with Gasteiger partial charge in [-0.1, -0.05) is 18.7 Å². The number of hydrogen-bond donors (Lipinski definition) is 1. The zero-order valence-electron chi connectivity index (χ0n) is 17.9. The summed E-state index contributed by atoms with van der Waals surface area (Å²) in [5.74, 6) is -2.71. The van der Waals surface area contributed by atoms with Crippen molar-refractivity contribution in [1.29, 1.82) is 0 Å². The highest BCUT2D eigenvalue weighted by atomic mass is 16.6. The summed E-state index contributed by atoms with van der Waals surface area (Å²) < 4.78 is 16.9. The number of ether oxygens (including phenoxy) is 3. The van der Waals surface area contributed by atoms with E-state index in [1.807, 2.05) is 6.92 Å². The Bertz CT molecular complexity index is 659. The van der Waals surface area contributed by atoms with Crippen molar-refractivity contribution in [2.75, 3.05) is 0 Å². The Morgan fingerprint density at radius 3 is 2.21 bits per heavy atom. The molecule has 2 aliphatic heterocycles. The van der Waals surface area contributed by atoms with Gasteiger partial charge in [0, 0.05) is 5.92 Å². The van der Waals surface area contributed by atoms with Gasteiger partial charge in [0.25, 0.3) is 0 Å². The Kier molecular flexibility index (Phi) is 6.02. The molecule has 2 rings (SSSR count). The second-order valence-electron chi connectivity index (χ2n) is 9.33. The number of carbonyl (C=O) groups excluding carboxylic acids is 2. The van der Waals surface area contributed by atoms with Crippen LogP contribution in [0.3, 0.4) is 0 Å². The van der Waals surface area contributed by atoms with Gasteiger partial charge < -0.3 is 19.3 Å². The van der Waals surface area contributed by atoms with E-state index in [1.54, 1.807) is 53.7 Å². The molecule has 2 saturated heterocycles. The molecule has 7 heteroatoms. The molecule has 28 heavy (non-hydrogen) atoms. The van der Waals surface area contributed by atoms with E-state index in [-0.39, 0.29) is 6.42 Å². The number of amides is 1. The minimum atomic E-state index is -1.65. The Balaban J connectivity index is 2.46. The highest BCUT2D eigenvalue weighted by Gasteiger charge is 2.63. The maximum Gasteiger partial charge on any atom is 0.411 e. The van der Waals surface area contributed by atoms with Crippen LogP contribution in [0.2, 0.25) is 0 Å². The van der Waals surface area contributed by atoms with Gasteiger partial charge in [-0.2, -0.15) is 0 Å². The van der Waals surface area contributed by atoms with Crippen molar-refractivity contribution in [3.05, 3.63) is 24.8 Å². The highest BCUT2D eigenvalue weighted by Crippen LogP contribution is 2.48. The number of esters is 1. The molecule has 7 nitrogen and oxygen atoms in total. The van der Waals surface area contributed by atoms with E-state index in [9.17, 15) is 14.7 Å². The van der Waals surface area contributed by atoms with Gasteiger partial charge in [0.05, 0.1) is 6.04 Å². The summed E-state index contributed by atoms with van der Waals surface area (Å²) in [7, 11) is 0. The lowest BCUT2D eigenvalue weighted by Gasteiger charge is -2.33. The SMILES string of the molecule is C=CC1(O)O[C@@H](/C=C/C)[C@@H]2[C@H]1C[C@@H](C(=O)OC(C)(C)C)N2C(=O)OC(C)(C)C. The Labute approximate surface area is 167 Å². The number of fused-ring (bicyclic) bond motifs is 1. The second-order valence-corrected chi connectivity index (χ2v) is 9.33. The normalized spacial score (nSPS) is 33.1. The fraction of sp³-hybridized carbons (Fsp3) is 0.714. The van der Waals surface area contributed by atoms with Crippen LogP contribution in [-0.2, 0) is 19.0 Å². The third kappa shape index (κ3) is 4.58. The first kappa shape index (κ1) is 22.4. The van der Waals surface area contributed by atoms with Crippen molar-refractivity contribution in [3.8, 4) is 0 Å². The van der Waals surface area contributed by atoms with E-state index >= 15 is 0 Å². The van der Waals surface area contributed by atoms with Crippen molar-refractivity contribution in [1.82, 2.24) is 4.90 Å². The highest BCUT2D eigenvalue weighted by molar-refractivity contribution is 5.83. The lowest BCUT2D eigenvalue weighted by atomic mass is 9.90. The van der Waals surface area contributed by atoms with Gasteiger partial charge in [0.2, 0.25) is 0 Å². The predicted molar refractivity (Wildman–Crippen MR) is 104 cm³/mol. The minimum Gasteiger partial charge on any atom is -0.458 e. The maximum absolute atomic E-state index is 13.0. The summed E-state index contributed by atoms with van der Waals surface area (Å²) in [5, 5.41) is 10.9. The molecule has 1 unspecified atom stereocenters. The number of aliphatic hydroxyl groups is 1. The smallest absolute Gasteiger partial charge is 0.411 e. The average molecular weight is 395 g/mol. The third-order valence-electron chi connectivity index (χ3n) is 4.70. The van der Waals surface area contributed by atoms with E-state index in [4.69, 9.17) is 14.2 Å². The lowest BCUT2D eigenvalue weighted by Crippen LogP contribution is -2.51. The van der Waals surface area contributed by atoms with Gasteiger partial charge in [-0.3, -0.25) is 4.90 Å². The molecule has 158 valence electrons.